The molecule has 0 bridgehead atoms. The molecular formula is C16H18N6O. The molecule has 0 aliphatic heterocycles. The molecule has 3 rings (SSSR count). The minimum absolute atomic E-state index is 0.555. The Morgan fingerprint density at radius 2 is 1.91 bits per heavy atom. The molecule has 3 aromatic rings. The molecule has 2 heterocycles. The molecule has 0 atom stereocenters. The number of hydrogen-bond acceptors (Lipinski definition) is 5. The Labute approximate surface area is 134 Å². The van der Waals surface area contributed by atoms with Crippen molar-refractivity contribution in [2.75, 3.05) is 7.11 Å². The summed E-state index contributed by atoms with van der Waals surface area (Å²) >= 11 is 0. The highest BCUT2D eigenvalue weighted by atomic mass is 16.5. The van der Waals surface area contributed by atoms with Gasteiger partial charge in [-0.2, -0.15) is 14.9 Å². The Morgan fingerprint density at radius 1 is 1.13 bits per heavy atom. The molecule has 118 valence electrons. The van der Waals surface area contributed by atoms with Crippen molar-refractivity contribution in [2.45, 2.75) is 20.8 Å². The van der Waals surface area contributed by atoms with E-state index in [1.807, 2.05) is 51.1 Å². The second-order valence-corrected chi connectivity index (χ2v) is 5.18. The van der Waals surface area contributed by atoms with E-state index in [0.717, 1.165) is 22.7 Å². The third-order valence-electron chi connectivity index (χ3n) is 3.43. The van der Waals surface area contributed by atoms with Crippen molar-refractivity contribution in [1.29, 1.82) is 0 Å². The van der Waals surface area contributed by atoms with E-state index in [2.05, 4.69) is 20.4 Å². The Morgan fingerprint density at radius 3 is 2.61 bits per heavy atom. The van der Waals surface area contributed by atoms with Gasteiger partial charge in [0, 0.05) is 11.3 Å². The van der Waals surface area contributed by atoms with Gasteiger partial charge in [0.05, 0.1) is 19.0 Å². The summed E-state index contributed by atoms with van der Waals surface area (Å²) in [4.78, 5) is 0. The van der Waals surface area contributed by atoms with E-state index >= 15 is 0 Å². The number of aromatic nitrogens is 5. The molecule has 0 unspecified atom stereocenters. The topological polar surface area (TPSA) is 70.1 Å². The monoisotopic (exact) mass is 310 g/mol. The van der Waals surface area contributed by atoms with Gasteiger partial charge in [-0.15, -0.1) is 10.2 Å². The first-order chi connectivity index (χ1) is 11.1. The largest absolute Gasteiger partial charge is 0.496 e. The lowest BCUT2D eigenvalue weighted by Gasteiger charge is -2.05. The van der Waals surface area contributed by atoms with Gasteiger partial charge in [0.1, 0.15) is 5.75 Å². The van der Waals surface area contributed by atoms with Crippen molar-refractivity contribution in [3.05, 3.63) is 53.1 Å². The van der Waals surface area contributed by atoms with Gasteiger partial charge in [-0.3, -0.25) is 0 Å². The zero-order chi connectivity index (χ0) is 16.4. The summed E-state index contributed by atoms with van der Waals surface area (Å²) in [6, 6.07) is 9.66. The zero-order valence-corrected chi connectivity index (χ0v) is 13.6. The van der Waals surface area contributed by atoms with Gasteiger partial charge >= 0.3 is 0 Å². The fraction of sp³-hybridized carbons (Fsp3) is 0.250. The molecule has 0 spiro atoms. The summed E-state index contributed by atoms with van der Waals surface area (Å²) in [5, 5.41) is 17.2. The molecule has 7 heteroatoms. The maximum absolute atomic E-state index is 5.33. The molecule has 0 aliphatic carbocycles. The number of aryl methyl sites for hydroxylation is 3. The quantitative estimate of drug-likeness (QED) is 0.693. The number of hydrogen-bond donors (Lipinski definition) is 0. The predicted molar refractivity (Wildman–Crippen MR) is 87.3 cm³/mol. The number of benzene rings is 1. The molecule has 0 amide bonds. The molecule has 23 heavy (non-hydrogen) atoms. The van der Waals surface area contributed by atoms with E-state index in [4.69, 9.17) is 4.74 Å². The molecular weight excluding hydrogens is 292 g/mol. The lowest BCUT2D eigenvalue weighted by Crippen LogP contribution is -2.08. The van der Waals surface area contributed by atoms with Gasteiger partial charge in [0.25, 0.3) is 5.95 Å². The van der Waals surface area contributed by atoms with E-state index in [1.54, 1.807) is 22.7 Å². The lowest BCUT2D eigenvalue weighted by molar-refractivity contribution is 0.414. The first-order valence-electron chi connectivity index (χ1n) is 7.23. The van der Waals surface area contributed by atoms with Crippen LogP contribution in [-0.4, -0.2) is 38.0 Å². The van der Waals surface area contributed by atoms with Crippen molar-refractivity contribution in [3.63, 3.8) is 0 Å². The Hall–Kier alpha value is -2.96. The second-order valence-electron chi connectivity index (χ2n) is 5.18. The zero-order valence-electron chi connectivity index (χ0n) is 13.6. The van der Waals surface area contributed by atoms with Crippen molar-refractivity contribution < 1.29 is 4.74 Å². The number of rotatable bonds is 4. The van der Waals surface area contributed by atoms with Crippen molar-refractivity contribution in [2.24, 2.45) is 5.10 Å². The maximum atomic E-state index is 5.33. The third-order valence-corrected chi connectivity index (χ3v) is 3.43. The number of methoxy groups -OCH3 is 1. The van der Waals surface area contributed by atoms with Gasteiger partial charge in [-0.05, 0) is 39.0 Å². The van der Waals surface area contributed by atoms with Crippen molar-refractivity contribution in [1.82, 2.24) is 24.7 Å². The van der Waals surface area contributed by atoms with E-state index in [-0.39, 0.29) is 0 Å². The van der Waals surface area contributed by atoms with Crippen LogP contribution in [0.1, 0.15) is 22.8 Å². The van der Waals surface area contributed by atoms with Crippen LogP contribution in [0.4, 0.5) is 0 Å². The highest BCUT2D eigenvalue weighted by Crippen LogP contribution is 2.16. The van der Waals surface area contributed by atoms with Crippen LogP contribution in [0.25, 0.3) is 5.95 Å². The Bertz CT molecular complexity index is 861. The van der Waals surface area contributed by atoms with Crippen molar-refractivity contribution in [3.8, 4) is 11.7 Å². The SMILES string of the molecule is COc1ccccc1C=Nn1c(C)nnc1-n1nc(C)cc1C. The van der Waals surface area contributed by atoms with E-state index < -0.39 is 0 Å². The van der Waals surface area contributed by atoms with Crippen LogP contribution in [-0.2, 0) is 0 Å². The fourth-order valence-corrected chi connectivity index (χ4v) is 2.34. The van der Waals surface area contributed by atoms with Crippen LogP contribution in [0.3, 0.4) is 0 Å². The van der Waals surface area contributed by atoms with Gasteiger partial charge in [0.15, 0.2) is 5.82 Å². The molecule has 0 saturated heterocycles. The standard InChI is InChI=1S/C16H18N6O/c1-11-9-12(2)21(20-11)16-19-18-13(3)22(16)17-10-14-7-5-6-8-15(14)23-4/h5-10H,1-4H3. The molecule has 0 fully saturated rings. The van der Waals surface area contributed by atoms with E-state index in [9.17, 15) is 0 Å². The highest BCUT2D eigenvalue weighted by Gasteiger charge is 2.13. The van der Waals surface area contributed by atoms with Gasteiger partial charge in [-0.25, -0.2) is 4.68 Å². The number of para-hydroxylation sites is 1. The Kier molecular flexibility index (Phi) is 3.92. The van der Waals surface area contributed by atoms with E-state index in [0.29, 0.717) is 11.8 Å². The smallest absolute Gasteiger partial charge is 0.273 e. The molecule has 0 N–H and O–H groups in total. The highest BCUT2D eigenvalue weighted by molar-refractivity contribution is 5.83. The summed E-state index contributed by atoms with van der Waals surface area (Å²) in [6.45, 7) is 5.76. The summed E-state index contributed by atoms with van der Waals surface area (Å²) in [5.74, 6) is 1.99. The lowest BCUT2D eigenvalue weighted by atomic mass is 10.2. The summed E-state index contributed by atoms with van der Waals surface area (Å²) in [5.41, 5.74) is 2.77. The fourth-order valence-electron chi connectivity index (χ4n) is 2.34. The van der Waals surface area contributed by atoms with Crippen LogP contribution in [0.5, 0.6) is 5.75 Å². The van der Waals surface area contributed by atoms with Crippen molar-refractivity contribution >= 4 is 6.21 Å². The molecule has 2 aromatic heterocycles. The number of ether oxygens (including phenoxy) is 1. The van der Waals surface area contributed by atoms with Crippen LogP contribution < -0.4 is 4.74 Å². The first kappa shape index (κ1) is 15.0. The summed E-state index contributed by atoms with van der Waals surface area (Å²) < 4.78 is 8.72. The minimum atomic E-state index is 0.555. The van der Waals surface area contributed by atoms with E-state index in [1.165, 1.54) is 0 Å². The minimum Gasteiger partial charge on any atom is -0.496 e. The number of nitrogens with zero attached hydrogens (tertiary/aromatic N) is 6. The first-order valence-corrected chi connectivity index (χ1v) is 7.23. The average molecular weight is 310 g/mol. The van der Waals surface area contributed by atoms with Crippen LogP contribution in [0.15, 0.2) is 35.4 Å². The normalized spacial score (nSPS) is 11.3. The second kappa shape index (κ2) is 6.04. The maximum Gasteiger partial charge on any atom is 0.273 e. The Balaban J connectivity index is 2.03. The van der Waals surface area contributed by atoms with Crippen LogP contribution in [0, 0.1) is 20.8 Å². The van der Waals surface area contributed by atoms with Gasteiger partial charge in [-0.1, -0.05) is 12.1 Å². The average Bonchev–Trinajstić information content (AvgIpc) is 3.07. The van der Waals surface area contributed by atoms with Crippen LogP contribution >= 0.6 is 0 Å². The molecule has 0 saturated carbocycles. The summed E-state index contributed by atoms with van der Waals surface area (Å²) in [6.07, 6.45) is 1.73. The van der Waals surface area contributed by atoms with Gasteiger partial charge < -0.3 is 4.74 Å². The third kappa shape index (κ3) is 2.85. The molecule has 7 nitrogen and oxygen atoms in total. The molecule has 1 aromatic carbocycles. The predicted octanol–water partition coefficient (Wildman–Crippen LogP) is 2.28. The van der Waals surface area contributed by atoms with Gasteiger partial charge in [0.2, 0.25) is 0 Å². The molecule has 0 aliphatic rings. The summed E-state index contributed by atoms with van der Waals surface area (Å²) in [7, 11) is 1.64. The molecule has 0 radical (unpaired) electrons. The van der Waals surface area contributed by atoms with Crippen LogP contribution in [0.2, 0.25) is 0 Å².